The molecule has 0 unspecified atom stereocenters. The number of ether oxygens (including phenoxy) is 3. The number of rotatable bonds is 8. The molecular weight excluding hydrogens is 592 g/mol. The minimum absolute atomic E-state index is 0.0858. The lowest BCUT2D eigenvalue weighted by Crippen LogP contribution is -2.40. The van der Waals surface area contributed by atoms with Gasteiger partial charge < -0.3 is 23.7 Å². The molecule has 10 nitrogen and oxygen atoms in total. The van der Waals surface area contributed by atoms with Gasteiger partial charge >= 0.3 is 5.97 Å². The largest absolute Gasteiger partial charge is 0.497 e. The van der Waals surface area contributed by atoms with Gasteiger partial charge in [0.1, 0.15) is 24.1 Å². The first-order chi connectivity index (χ1) is 21.7. The van der Waals surface area contributed by atoms with Gasteiger partial charge in [0.25, 0.3) is 5.56 Å². The second-order valence-electron chi connectivity index (χ2n) is 11.5. The Hall–Kier alpha value is -4.64. The number of nitrogens with zero attached hydrogens (tertiary/aromatic N) is 4. The summed E-state index contributed by atoms with van der Waals surface area (Å²) in [4.78, 5) is 48.0. The van der Waals surface area contributed by atoms with Gasteiger partial charge in [-0.3, -0.25) is 14.2 Å². The summed E-state index contributed by atoms with van der Waals surface area (Å²) in [6.07, 6.45) is 5.46. The van der Waals surface area contributed by atoms with Crippen LogP contribution in [0.25, 0.3) is 17.0 Å². The van der Waals surface area contributed by atoms with Crippen LogP contribution in [0.3, 0.4) is 0 Å². The van der Waals surface area contributed by atoms with Gasteiger partial charge in [-0.2, -0.15) is 0 Å². The summed E-state index contributed by atoms with van der Waals surface area (Å²) in [7, 11) is 3.10. The summed E-state index contributed by atoms with van der Waals surface area (Å²) in [6, 6.07) is 12.3. The third kappa shape index (κ3) is 5.68. The molecule has 4 aromatic rings. The minimum atomic E-state index is -0.862. The van der Waals surface area contributed by atoms with Gasteiger partial charge in [-0.05, 0) is 64.0 Å². The van der Waals surface area contributed by atoms with E-state index in [-0.39, 0.29) is 29.7 Å². The van der Waals surface area contributed by atoms with Crippen molar-refractivity contribution in [2.75, 3.05) is 27.3 Å². The highest BCUT2D eigenvalue weighted by atomic mass is 32.1. The summed E-state index contributed by atoms with van der Waals surface area (Å²) < 4.78 is 20.8. The predicted octanol–water partition coefficient (Wildman–Crippen LogP) is 3.78. The zero-order valence-corrected chi connectivity index (χ0v) is 26.8. The monoisotopic (exact) mass is 628 g/mol. The Balaban J connectivity index is 1.52. The number of methoxy groups -OCH3 is 2. The molecule has 11 heteroatoms. The number of amides is 1. The highest BCUT2D eigenvalue weighted by Gasteiger charge is 2.36. The number of carbonyl (C=O) groups is 2. The standard InChI is InChI=1S/C34H36N4O6S/c1-20(2)44-33(41)30-21(3)35-34-38(31(30)25-17-23(42-4)12-13-27(25)43-5)32(40)28(45-34)16-22-18-37(26-11-7-6-10-24(22)26)19-29(39)36-14-8-9-15-36/h6-7,10-13,16-18,20,31H,8-9,14-15,19H2,1-5H3/b28-16-/t31-/m0/s1. The van der Waals surface area contributed by atoms with E-state index in [4.69, 9.17) is 19.2 Å². The maximum Gasteiger partial charge on any atom is 0.338 e. The van der Waals surface area contributed by atoms with Crippen LogP contribution >= 0.6 is 11.3 Å². The van der Waals surface area contributed by atoms with E-state index in [0.717, 1.165) is 42.4 Å². The normalized spacial score (nSPS) is 16.7. The number of allylic oxidation sites excluding steroid dienone is 1. The first-order valence-electron chi connectivity index (χ1n) is 15.0. The van der Waals surface area contributed by atoms with Crippen molar-refractivity contribution < 1.29 is 23.8 Å². The Morgan fingerprint density at radius 2 is 1.84 bits per heavy atom. The van der Waals surface area contributed by atoms with Gasteiger partial charge in [0.05, 0.1) is 36.1 Å². The van der Waals surface area contributed by atoms with Crippen molar-refractivity contribution in [3.63, 3.8) is 0 Å². The molecule has 0 bridgehead atoms. The number of fused-ring (bicyclic) bond motifs is 2. The molecule has 2 aliphatic rings. The molecule has 234 valence electrons. The van der Waals surface area contributed by atoms with E-state index >= 15 is 0 Å². The van der Waals surface area contributed by atoms with Crippen LogP contribution in [0.15, 0.2) is 69.7 Å². The molecule has 2 aromatic heterocycles. The van der Waals surface area contributed by atoms with Gasteiger partial charge in [-0.1, -0.05) is 29.5 Å². The Bertz CT molecular complexity index is 2010. The first-order valence-corrected chi connectivity index (χ1v) is 15.8. The lowest BCUT2D eigenvalue weighted by Gasteiger charge is -2.26. The smallest absolute Gasteiger partial charge is 0.338 e. The SMILES string of the molecule is COc1ccc(OC)c([C@H]2C(C(=O)OC(C)C)=C(C)N=c3s/c(=C\c4cn(CC(=O)N5CCCC5)c5ccccc45)c(=O)n32)c1. The molecule has 0 spiro atoms. The van der Waals surface area contributed by atoms with E-state index in [2.05, 4.69) is 0 Å². The number of aromatic nitrogens is 2. The van der Waals surface area contributed by atoms with Gasteiger partial charge in [-0.25, -0.2) is 9.79 Å². The zero-order valence-electron chi connectivity index (χ0n) is 26.0. The fourth-order valence-corrected chi connectivity index (χ4v) is 7.12. The summed E-state index contributed by atoms with van der Waals surface area (Å²) >= 11 is 1.25. The number of benzene rings is 2. The zero-order chi connectivity index (χ0) is 31.8. The molecule has 1 amide bonds. The van der Waals surface area contributed by atoms with Crippen LogP contribution < -0.4 is 24.4 Å². The van der Waals surface area contributed by atoms with Crippen molar-refractivity contribution in [3.05, 3.63) is 90.7 Å². The van der Waals surface area contributed by atoms with Crippen molar-refractivity contribution in [2.24, 2.45) is 4.99 Å². The van der Waals surface area contributed by atoms with Crippen LogP contribution in [-0.2, 0) is 20.9 Å². The maximum absolute atomic E-state index is 14.3. The highest BCUT2D eigenvalue weighted by molar-refractivity contribution is 7.07. The summed E-state index contributed by atoms with van der Waals surface area (Å²) in [5, 5.41) is 0.931. The second-order valence-corrected chi connectivity index (χ2v) is 12.5. The van der Waals surface area contributed by atoms with E-state index in [0.29, 0.717) is 32.1 Å². The van der Waals surface area contributed by atoms with Crippen LogP contribution in [0, 0.1) is 0 Å². The molecule has 0 saturated carbocycles. The molecular formula is C34H36N4O6S. The summed E-state index contributed by atoms with van der Waals surface area (Å²) in [5.41, 5.74) is 2.72. The number of esters is 1. The molecule has 1 atom stereocenters. The summed E-state index contributed by atoms with van der Waals surface area (Å²) in [5.74, 6) is 0.574. The number of thiazole rings is 1. The van der Waals surface area contributed by atoms with E-state index < -0.39 is 12.0 Å². The molecule has 1 fully saturated rings. The summed E-state index contributed by atoms with van der Waals surface area (Å²) in [6.45, 7) is 7.11. The third-order valence-electron chi connectivity index (χ3n) is 8.19. The van der Waals surface area contributed by atoms with Crippen LogP contribution in [0.1, 0.15) is 50.8 Å². The second kappa shape index (κ2) is 12.4. The maximum atomic E-state index is 14.3. The highest BCUT2D eigenvalue weighted by Crippen LogP contribution is 2.38. The van der Waals surface area contributed by atoms with Crippen LogP contribution in [0.5, 0.6) is 11.5 Å². The lowest BCUT2D eigenvalue weighted by atomic mass is 9.94. The van der Waals surface area contributed by atoms with Crippen LogP contribution in [0.4, 0.5) is 0 Å². The minimum Gasteiger partial charge on any atom is -0.497 e. The Kier molecular flexibility index (Phi) is 8.37. The number of carbonyl (C=O) groups excluding carboxylic acids is 2. The van der Waals surface area contributed by atoms with E-state index in [1.807, 2.05) is 46.0 Å². The number of para-hydroxylation sites is 1. The van der Waals surface area contributed by atoms with Crippen molar-refractivity contribution in [3.8, 4) is 11.5 Å². The number of hydrogen-bond acceptors (Lipinski definition) is 8. The van der Waals surface area contributed by atoms with Gasteiger partial charge in [-0.15, -0.1) is 0 Å². The quantitative estimate of drug-likeness (QED) is 0.275. The van der Waals surface area contributed by atoms with Crippen LogP contribution in [0.2, 0.25) is 0 Å². The van der Waals surface area contributed by atoms with E-state index in [1.54, 1.807) is 53.2 Å². The third-order valence-corrected chi connectivity index (χ3v) is 9.17. The topological polar surface area (TPSA) is 104 Å². The Morgan fingerprint density at radius 3 is 2.56 bits per heavy atom. The van der Waals surface area contributed by atoms with E-state index in [9.17, 15) is 14.4 Å². The molecule has 1 saturated heterocycles. The van der Waals surface area contributed by atoms with Gasteiger partial charge in [0.15, 0.2) is 4.80 Å². The average molecular weight is 629 g/mol. The molecule has 0 radical (unpaired) electrons. The molecule has 2 aromatic carbocycles. The fraction of sp³-hybridized carbons (Fsp3) is 0.353. The van der Waals surface area contributed by atoms with E-state index in [1.165, 1.54) is 15.9 Å². The van der Waals surface area contributed by atoms with Crippen LogP contribution in [-0.4, -0.2) is 59.3 Å². The predicted molar refractivity (Wildman–Crippen MR) is 172 cm³/mol. The first kappa shape index (κ1) is 30.4. The number of likely N-dealkylation sites (tertiary alicyclic amines) is 1. The molecule has 6 rings (SSSR count). The van der Waals surface area contributed by atoms with Crippen molar-refractivity contribution in [1.29, 1.82) is 0 Å². The Labute approximate surface area is 264 Å². The molecule has 4 heterocycles. The van der Waals surface area contributed by atoms with Crippen molar-refractivity contribution in [2.45, 2.75) is 52.3 Å². The lowest BCUT2D eigenvalue weighted by molar-refractivity contribution is -0.143. The number of hydrogen-bond donors (Lipinski definition) is 0. The van der Waals surface area contributed by atoms with Gasteiger partial charge in [0.2, 0.25) is 5.91 Å². The van der Waals surface area contributed by atoms with Crippen molar-refractivity contribution >= 4 is 40.2 Å². The molecule has 0 aliphatic carbocycles. The molecule has 45 heavy (non-hydrogen) atoms. The van der Waals surface area contributed by atoms with Crippen molar-refractivity contribution in [1.82, 2.24) is 14.0 Å². The fourth-order valence-electron chi connectivity index (χ4n) is 6.08. The molecule has 0 N–H and O–H groups in total. The van der Waals surface area contributed by atoms with Gasteiger partial charge in [0, 0.05) is 41.3 Å². The molecule has 2 aliphatic heterocycles. The average Bonchev–Trinajstić information content (AvgIpc) is 3.75. The Morgan fingerprint density at radius 1 is 1.09 bits per heavy atom.